The van der Waals surface area contributed by atoms with E-state index in [1.807, 2.05) is 9.47 Å². The molecule has 0 unspecified atom stereocenters. The summed E-state index contributed by atoms with van der Waals surface area (Å²) in [6.07, 6.45) is 8.86. The third-order valence-corrected chi connectivity index (χ3v) is 5.88. The van der Waals surface area contributed by atoms with Gasteiger partial charge in [-0.05, 0) is 24.0 Å². The number of rotatable bonds is 6. The second-order valence-electron chi connectivity index (χ2n) is 7.48. The number of methoxy groups -OCH3 is 1. The molecule has 7 nitrogen and oxygen atoms in total. The lowest BCUT2D eigenvalue weighted by atomic mass is 9.74. The predicted molar refractivity (Wildman–Crippen MR) is 107 cm³/mol. The number of carbonyl (C=O) groups is 1. The Bertz CT molecular complexity index is 852. The lowest BCUT2D eigenvalue weighted by Gasteiger charge is -2.39. The molecule has 0 atom stereocenters. The van der Waals surface area contributed by atoms with Crippen molar-refractivity contribution in [2.24, 2.45) is 0 Å². The summed E-state index contributed by atoms with van der Waals surface area (Å²) in [6.45, 7) is 3.43. The summed E-state index contributed by atoms with van der Waals surface area (Å²) in [5.41, 5.74) is 2.83. The molecule has 2 aliphatic rings. The number of allylic oxidation sites excluding steroid dienone is 1. The van der Waals surface area contributed by atoms with E-state index in [0.717, 1.165) is 38.3 Å². The number of nitrogens with zero attached hydrogens (tertiary/aromatic N) is 4. The maximum Gasteiger partial charge on any atom is 0.317 e. The van der Waals surface area contributed by atoms with Gasteiger partial charge in [-0.3, -0.25) is 0 Å². The van der Waals surface area contributed by atoms with Gasteiger partial charge in [-0.15, -0.1) is 10.2 Å². The summed E-state index contributed by atoms with van der Waals surface area (Å²) in [7, 11) is 1.67. The van der Waals surface area contributed by atoms with Crippen molar-refractivity contribution in [2.45, 2.75) is 31.2 Å². The van der Waals surface area contributed by atoms with Crippen molar-refractivity contribution < 1.29 is 9.53 Å². The molecule has 1 saturated heterocycles. The highest BCUT2D eigenvalue weighted by Gasteiger charge is 2.38. The number of amides is 2. The van der Waals surface area contributed by atoms with Crippen LogP contribution >= 0.6 is 0 Å². The van der Waals surface area contributed by atoms with E-state index < -0.39 is 0 Å². The van der Waals surface area contributed by atoms with Gasteiger partial charge in [0.2, 0.25) is 0 Å². The van der Waals surface area contributed by atoms with Crippen LogP contribution in [0.2, 0.25) is 0 Å². The first-order valence-electron chi connectivity index (χ1n) is 9.89. The van der Waals surface area contributed by atoms with E-state index in [0.29, 0.717) is 19.6 Å². The van der Waals surface area contributed by atoms with Gasteiger partial charge in [0, 0.05) is 45.1 Å². The number of urea groups is 1. The van der Waals surface area contributed by atoms with Crippen molar-refractivity contribution in [1.29, 1.82) is 0 Å². The molecule has 2 amide bonds. The molecular formula is C21H27N5O2. The predicted octanol–water partition coefficient (Wildman–Crippen LogP) is 2.24. The van der Waals surface area contributed by atoms with Crippen molar-refractivity contribution in [2.75, 3.05) is 33.4 Å². The third kappa shape index (κ3) is 3.67. The summed E-state index contributed by atoms with van der Waals surface area (Å²) in [5.74, 6) is 0.864. The number of ether oxygens (including phenoxy) is 1. The van der Waals surface area contributed by atoms with Gasteiger partial charge >= 0.3 is 6.03 Å². The number of hydrogen-bond acceptors (Lipinski definition) is 4. The monoisotopic (exact) mass is 381 g/mol. The molecule has 4 rings (SSSR count). The van der Waals surface area contributed by atoms with Crippen molar-refractivity contribution in [3.63, 3.8) is 0 Å². The summed E-state index contributed by atoms with van der Waals surface area (Å²) in [4.78, 5) is 14.5. The number of piperidine rings is 1. The molecule has 1 aromatic heterocycles. The number of hydrogen-bond donors (Lipinski definition) is 1. The molecule has 2 heterocycles. The fraction of sp³-hybridized carbons (Fsp3) is 0.476. The van der Waals surface area contributed by atoms with Crippen LogP contribution in [0.4, 0.5) is 4.79 Å². The average Bonchev–Trinajstić information content (AvgIpc) is 3.32. The first kappa shape index (κ1) is 18.7. The van der Waals surface area contributed by atoms with E-state index in [2.05, 4.69) is 51.9 Å². The van der Waals surface area contributed by atoms with Gasteiger partial charge in [-0.2, -0.15) is 0 Å². The summed E-state index contributed by atoms with van der Waals surface area (Å²) in [5, 5.41) is 11.1. The van der Waals surface area contributed by atoms with Crippen molar-refractivity contribution in [3.05, 3.63) is 53.6 Å². The Morgan fingerprint density at radius 3 is 2.93 bits per heavy atom. The molecule has 1 aliphatic carbocycles. The number of likely N-dealkylation sites (tertiary alicyclic amines) is 1. The Kier molecular flexibility index (Phi) is 5.43. The second kappa shape index (κ2) is 8.14. The molecule has 1 fully saturated rings. The Balaban J connectivity index is 1.26. The van der Waals surface area contributed by atoms with E-state index in [-0.39, 0.29) is 11.4 Å². The van der Waals surface area contributed by atoms with Gasteiger partial charge in [0.05, 0.1) is 6.61 Å². The summed E-state index contributed by atoms with van der Waals surface area (Å²) in [6, 6.07) is 8.60. The minimum absolute atomic E-state index is 0.00747. The first-order valence-corrected chi connectivity index (χ1v) is 9.89. The van der Waals surface area contributed by atoms with E-state index in [9.17, 15) is 4.79 Å². The zero-order valence-corrected chi connectivity index (χ0v) is 16.3. The molecule has 2 aromatic rings. The average molecular weight is 381 g/mol. The van der Waals surface area contributed by atoms with Gasteiger partial charge in [-0.25, -0.2) is 4.79 Å². The Hall–Kier alpha value is -2.67. The fourth-order valence-corrected chi connectivity index (χ4v) is 4.22. The Morgan fingerprint density at radius 1 is 1.29 bits per heavy atom. The van der Waals surface area contributed by atoms with Crippen LogP contribution in [0.25, 0.3) is 6.08 Å². The van der Waals surface area contributed by atoms with Crippen LogP contribution in [0.15, 0.2) is 36.7 Å². The highest BCUT2D eigenvalue weighted by molar-refractivity contribution is 5.74. The smallest absolute Gasteiger partial charge is 0.317 e. The largest absolute Gasteiger partial charge is 0.383 e. The van der Waals surface area contributed by atoms with Gasteiger partial charge in [0.15, 0.2) is 0 Å². The number of aromatic nitrogens is 3. The van der Waals surface area contributed by atoms with Gasteiger partial charge in [0.25, 0.3) is 0 Å². The normalized spacial score (nSPS) is 17.1. The number of carbonyl (C=O) groups excluding carboxylic acids is 1. The standard InChI is InChI=1S/C21H27N5O2/c1-28-15-14-26-16-23-24-19(26)7-11-22-20(27)25-12-9-21(10-13-25)8-6-17-4-2-3-5-18(17)21/h2-6,8,16H,7,9-15H2,1H3,(H,22,27). The molecule has 0 bridgehead atoms. The zero-order valence-electron chi connectivity index (χ0n) is 16.3. The van der Waals surface area contributed by atoms with Gasteiger partial charge < -0.3 is 19.5 Å². The van der Waals surface area contributed by atoms with Crippen molar-refractivity contribution in [1.82, 2.24) is 25.0 Å². The molecule has 0 radical (unpaired) electrons. The SMILES string of the molecule is COCCn1cnnc1CCNC(=O)N1CCC2(C=Cc3ccccc32)CC1. The lowest BCUT2D eigenvalue weighted by Crippen LogP contribution is -2.48. The Labute approximate surface area is 165 Å². The van der Waals surface area contributed by atoms with Crippen LogP contribution in [0, 0.1) is 0 Å². The van der Waals surface area contributed by atoms with Crippen LogP contribution in [-0.2, 0) is 23.1 Å². The van der Waals surface area contributed by atoms with Crippen molar-refractivity contribution >= 4 is 12.1 Å². The van der Waals surface area contributed by atoms with E-state index in [4.69, 9.17) is 4.74 Å². The molecule has 1 spiro atoms. The minimum Gasteiger partial charge on any atom is -0.383 e. The lowest BCUT2D eigenvalue weighted by molar-refractivity contribution is 0.170. The third-order valence-electron chi connectivity index (χ3n) is 5.88. The van der Waals surface area contributed by atoms with Gasteiger partial charge in [-0.1, -0.05) is 36.4 Å². The number of benzene rings is 1. The highest BCUT2D eigenvalue weighted by Crippen LogP contribution is 2.43. The van der Waals surface area contributed by atoms with Crippen LogP contribution in [-0.4, -0.2) is 59.0 Å². The number of fused-ring (bicyclic) bond motifs is 2. The topological polar surface area (TPSA) is 72.3 Å². The molecule has 1 N–H and O–H groups in total. The van der Waals surface area contributed by atoms with E-state index in [1.165, 1.54) is 11.1 Å². The molecule has 148 valence electrons. The van der Waals surface area contributed by atoms with Crippen LogP contribution in [0.5, 0.6) is 0 Å². The maximum atomic E-state index is 12.6. The molecule has 1 aliphatic heterocycles. The molecule has 28 heavy (non-hydrogen) atoms. The molecule has 1 aromatic carbocycles. The van der Waals surface area contributed by atoms with Crippen LogP contribution in [0.1, 0.15) is 29.8 Å². The minimum atomic E-state index is 0.00747. The maximum absolute atomic E-state index is 12.6. The van der Waals surface area contributed by atoms with E-state index >= 15 is 0 Å². The van der Waals surface area contributed by atoms with Gasteiger partial charge in [0.1, 0.15) is 12.2 Å². The molecular weight excluding hydrogens is 354 g/mol. The molecule has 0 saturated carbocycles. The fourth-order valence-electron chi connectivity index (χ4n) is 4.22. The van der Waals surface area contributed by atoms with Crippen LogP contribution < -0.4 is 5.32 Å². The van der Waals surface area contributed by atoms with Crippen molar-refractivity contribution in [3.8, 4) is 0 Å². The summed E-state index contributed by atoms with van der Waals surface area (Å²) < 4.78 is 7.06. The highest BCUT2D eigenvalue weighted by atomic mass is 16.5. The van der Waals surface area contributed by atoms with E-state index in [1.54, 1.807) is 13.4 Å². The summed E-state index contributed by atoms with van der Waals surface area (Å²) >= 11 is 0. The zero-order chi connectivity index (χ0) is 19.4. The quantitative estimate of drug-likeness (QED) is 0.833. The molecule has 7 heteroatoms. The Morgan fingerprint density at radius 2 is 2.11 bits per heavy atom. The van der Waals surface area contributed by atoms with Crippen LogP contribution in [0.3, 0.4) is 0 Å². The second-order valence-corrected chi connectivity index (χ2v) is 7.48. The number of nitrogens with one attached hydrogen (secondary N) is 1. The first-order chi connectivity index (χ1) is 13.7.